The molecule has 0 bridgehead atoms. The van der Waals surface area contributed by atoms with Gasteiger partial charge in [0.2, 0.25) is 0 Å². The predicted octanol–water partition coefficient (Wildman–Crippen LogP) is 1.62. The molecule has 0 atom stereocenters. The first-order valence-electron chi connectivity index (χ1n) is 6.07. The molecule has 0 aliphatic rings. The van der Waals surface area contributed by atoms with E-state index in [4.69, 9.17) is 4.74 Å². The third kappa shape index (κ3) is 4.71. The predicted molar refractivity (Wildman–Crippen MR) is 71.9 cm³/mol. The van der Waals surface area contributed by atoms with Crippen molar-refractivity contribution in [3.8, 4) is 0 Å². The number of methoxy groups -OCH3 is 1. The minimum atomic E-state index is -0.362. The number of pyridine rings is 1. The summed E-state index contributed by atoms with van der Waals surface area (Å²) in [6, 6.07) is 3.43. The van der Waals surface area contributed by atoms with Gasteiger partial charge in [0.1, 0.15) is 11.4 Å². The molecule has 0 aliphatic heterocycles. The van der Waals surface area contributed by atoms with Gasteiger partial charge in [-0.05, 0) is 45.6 Å². The first kappa shape index (κ1) is 14.4. The van der Waals surface area contributed by atoms with Crippen molar-refractivity contribution >= 4 is 11.8 Å². The number of rotatable bonds is 7. The molecule has 0 unspecified atom stereocenters. The van der Waals surface area contributed by atoms with Crippen molar-refractivity contribution in [2.75, 3.05) is 39.6 Å². The molecule has 100 valence electrons. The van der Waals surface area contributed by atoms with Gasteiger partial charge in [-0.15, -0.1) is 0 Å². The number of aromatic nitrogens is 1. The molecule has 1 heterocycles. The molecule has 0 saturated heterocycles. The van der Waals surface area contributed by atoms with Gasteiger partial charge in [-0.25, -0.2) is 9.78 Å². The van der Waals surface area contributed by atoms with E-state index < -0.39 is 0 Å². The Hall–Kier alpha value is -1.62. The summed E-state index contributed by atoms with van der Waals surface area (Å²) in [6.07, 6.45) is 3.81. The van der Waals surface area contributed by atoms with Crippen molar-refractivity contribution in [2.24, 2.45) is 0 Å². The van der Waals surface area contributed by atoms with Gasteiger partial charge in [-0.3, -0.25) is 0 Å². The number of hydrogen-bond donors (Lipinski definition) is 1. The van der Waals surface area contributed by atoms with E-state index in [0.717, 1.165) is 25.9 Å². The van der Waals surface area contributed by atoms with E-state index in [-0.39, 0.29) is 5.97 Å². The number of nitrogens with zero attached hydrogens (tertiary/aromatic N) is 2. The zero-order chi connectivity index (χ0) is 13.4. The SMILES string of the molecule is COC(=O)c1cccnc1NCCCCN(C)C. The van der Waals surface area contributed by atoms with E-state index in [1.807, 2.05) is 0 Å². The van der Waals surface area contributed by atoms with Crippen LogP contribution in [-0.4, -0.2) is 50.1 Å². The smallest absolute Gasteiger partial charge is 0.341 e. The van der Waals surface area contributed by atoms with Crippen molar-refractivity contribution in [1.29, 1.82) is 0 Å². The van der Waals surface area contributed by atoms with Gasteiger partial charge in [0.05, 0.1) is 7.11 Å². The molecule has 1 rings (SSSR count). The number of carbonyl (C=O) groups is 1. The molecule has 1 N–H and O–H groups in total. The second-order valence-corrected chi connectivity index (χ2v) is 4.33. The van der Waals surface area contributed by atoms with E-state index in [1.54, 1.807) is 18.3 Å². The normalized spacial score (nSPS) is 10.4. The van der Waals surface area contributed by atoms with Crippen LogP contribution in [-0.2, 0) is 4.74 Å². The summed E-state index contributed by atoms with van der Waals surface area (Å²) >= 11 is 0. The van der Waals surface area contributed by atoms with Crippen molar-refractivity contribution in [2.45, 2.75) is 12.8 Å². The molecule has 1 aromatic heterocycles. The molecule has 0 radical (unpaired) electrons. The molecule has 0 aliphatic carbocycles. The summed E-state index contributed by atoms with van der Waals surface area (Å²) in [5, 5.41) is 3.17. The van der Waals surface area contributed by atoms with E-state index in [9.17, 15) is 4.79 Å². The molecule has 1 aromatic rings. The maximum atomic E-state index is 11.5. The number of unbranched alkanes of at least 4 members (excludes halogenated alkanes) is 1. The number of hydrogen-bond acceptors (Lipinski definition) is 5. The lowest BCUT2D eigenvalue weighted by Crippen LogP contribution is -2.15. The van der Waals surface area contributed by atoms with E-state index in [0.29, 0.717) is 11.4 Å². The molecule has 0 fully saturated rings. The lowest BCUT2D eigenvalue weighted by atomic mass is 10.2. The molecule has 0 aromatic carbocycles. The van der Waals surface area contributed by atoms with E-state index in [2.05, 4.69) is 29.3 Å². The highest BCUT2D eigenvalue weighted by Gasteiger charge is 2.11. The number of anilines is 1. The molecule has 5 heteroatoms. The fourth-order valence-corrected chi connectivity index (χ4v) is 1.58. The molecule has 5 nitrogen and oxygen atoms in total. The van der Waals surface area contributed by atoms with Crippen molar-refractivity contribution < 1.29 is 9.53 Å². The highest BCUT2D eigenvalue weighted by atomic mass is 16.5. The molecule has 0 spiro atoms. The third-order valence-corrected chi connectivity index (χ3v) is 2.54. The second-order valence-electron chi connectivity index (χ2n) is 4.33. The summed E-state index contributed by atoms with van der Waals surface area (Å²) in [5.41, 5.74) is 0.479. The van der Waals surface area contributed by atoms with Crippen LogP contribution in [0.4, 0.5) is 5.82 Å². The molecule has 0 saturated carbocycles. The minimum Gasteiger partial charge on any atom is -0.465 e. The van der Waals surface area contributed by atoms with Gasteiger partial charge in [0.15, 0.2) is 0 Å². The van der Waals surface area contributed by atoms with Crippen LogP contribution in [0.1, 0.15) is 23.2 Å². The van der Waals surface area contributed by atoms with Gasteiger partial charge in [0.25, 0.3) is 0 Å². The Labute approximate surface area is 108 Å². The highest BCUT2D eigenvalue weighted by molar-refractivity contribution is 5.94. The summed E-state index contributed by atoms with van der Waals surface area (Å²) in [7, 11) is 5.49. The number of carbonyl (C=O) groups excluding carboxylic acids is 1. The average molecular weight is 251 g/mol. The molecular weight excluding hydrogens is 230 g/mol. The third-order valence-electron chi connectivity index (χ3n) is 2.54. The lowest BCUT2D eigenvalue weighted by molar-refractivity contribution is 0.0601. The van der Waals surface area contributed by atoms with E-state index in [1.165, 1.54) is 7.11 Å². The maximum Gasteiger partial charge on any atom is 0.341 e. The van der Waals surface area contributed by atoms with Gasteiger partial charge in [-0.1, -0.05) is 0 Å². The van der Waals surface area contributed by atoms with Gasteiger partial charge in [-0.2, -0.15) is 0 Å². The van der Waals surface area contributed by atoms with Crippen LogP contribution < -0.4 is 5.32 Å². The van der Waals surface area contributed by atoms with Crippen molar-refractivity contribution in [3.63, 3.8) is 0 Å². The Balaban J connectivity index is 2.44. The highest BCUT2D eigenvalue weighted by Crippen LogP contribution is 2.12. The molecular formula is C13H21N3O2. The zero-order valence-corrected chi connectivity index (χ0v) is 11.3. The standard InChI is InChI=1S/C13H21N3O2/c1-16(2)10-5-4-8-14-12-11(13(17)18-3)7-6-9-15-12/h6-7,9H,4-5,8,10H2,1-3H3,(H,14,15). The zero-order valence-electron chi connectivity index (χ0n) is 11.3. The summed E-state index contributed by atoms with van der Waals surface area (Å²) in [4.78, 5) is 17.8. The minimum absolute atomic E-state index is 0.362. The number of esters is 1. The Kier molecular flexibility index (Phi) is 6.14. The number of nitrogens with one attached hydrogen (secondary N) is 1. The Morgan fingerprint density at radius 1 is 1.44 bits per heavy atom. The lowest BCUT2D eigenvalue weighted by Gasteiger charge is -2.11. The monoisotopic (exact) mass is 251 g/mol. The summed E-state index contributed by atoms with van der Waals surface area (Å²) in [5.74, 6) is 0.230. The topological polar surface area (TPSA) is 54.5 Å². The first-order chi connectivity index (χ1) is 8.65. The Morgan fingerprint density at radius 2 is 2.22 bits per heavy atom. The van der Waals surface area contributed by atoms with Gasteiger partial charge >= 0.3 is 5.97 Å². The fourth-order valence-electron chi connectivity index (χ4n) is 1.58. The van der Waals surface area contributed by atoms with Crippen LogP contribution in [0.25, 0.3) is 0 Å². The van der Waals surface area contributed by atoms with Gasteiger partial charge < -0.3 is 15.0 Å². The Morgan fingerprint density at radius 3 is 2.89 bits per heavy atom. The average Bonchev–Trinajstić information content (AvgIpc) is 2.37. The summed E-state index contributed by atoms with van der Waals surface area (Å²) < 4.78 is 4.71. The largest absolute Gasteiger partial charge is 0.465 e. The van der Waals surface area contributed by atoms with Crippen molar-refractivity contribution in [1.82, 2.24) is 9.88 Å². The van der Waals surface area contributed by atoms with Crippen LogP contribution in [0, 0.1) is 0 Å². The second kappa shape index (κ2) is 7.66. The van der Waals surface area contributed by atoms with Crippen LogP contribution >= 0.6 is 0 Å². The first-order valence-corrected chi connectivity index (χ1v) is 6.07. The Bertz CT molecular complexity index is 380. The van der Waals surface area contributed by atoms with Gasteiger partial charge in [0, 0.05) is 12.7 Å². The summed E-state index contributed by atoms with van der Waals surface area (Å²) in [6.45, 7) is 1.86. The maximum absolute atomic E-state index is 11.5. The van der Waals surface area contributed by atoms with Crippen LogP contribution in [0.3, 0.4) is 0 Å². The number of ether oxygens (including phenoxy) is 1. The molecule has 0 amide bonds. The molecule has 18 heavy (non-hydrogen) atoms. The quantitative estimate of drug-likeness (QED) is 0.589. The van der Waals surface area contributed by atoms with E-state index >= 15 is 0 Å². The fraction of sp³-hybridized carbons (Fsp3) is 0.538. The van der Waals surface area contributed by atoms with Crippen LogP contribution in [0.15, 0.2) is 18.3 Å². The van der Waals surface area contributed by atoms with Crippen LogP contribution in [0.2, 0.25) is 0 Å². The van der Waals surface area contributed by atoms with Crippen molar-refractivity contribution in [3.05, 3.63) is 23.9 Å². The van der Waals surface area contributed by atoms with Crippen LogP contribution in [0.5, 0.6) is 0 Å².